The summed E-state index contributed by atoms with van der Waals surface area (Å²) in [4.78, 5) is 0. The smallest absolute Gasteiger partial charge is 0.205 e. The van der Waals surface area contributed by atoms with Crippen molar-refractivity contribution in [2.75, 3.05) is 7.11 Å². The Balaban J connectivity index is 1.93. The normalized spacial score (nSPS) is 11.8. The summed E-state index contributed by atoms with van der Waals surface area (Å²) in [6.45, 7) is 2.18. The number of aryl methyl sites for hydroxylation is 1. The third-order valence-electron chi connectivity index (χ3n) is 4.96. The van der Waals surface area contributed by atoms with Crippen molar-refractivity contribution in [1.29, 1.82) is 0 Å². The lowest BCUT2D eigenvalue weighted by atomic mass is 9.90. The van der Waals surface area contributed by atoms with E-state index in [0.717, 1.165) is 27.9 Å². The average molecular weight is 312 g/mol. The van der Waals surface area contributed by atoms with Gasteiger partial charge >= 0.3 is 0 Å². The van der Waals surface area contributed by atoms with Crippen LogP contribution in [0.2, 0.25) is 0 Å². The van der Waals surface area contributed by atoms with Gasteiger partial charge in [-0.05, 0) is 34.2 Å². The first-order valence-corrected chi connectivity index (χ1v) is 8.09. The van der Waals surface area contributed by atoms with E-state index >= 15 is 0 Å². The molecule has 0 aliphatic heterocycles. The van der Waals surface area contributed by atoms with Crippen molar-refractivity contribution in [1.82, 2.24) is 0 Å². The second kappa shape index (κ2) is 4.75. The van der Waals surface area contributed by atoms with Crippen molar-refractivity contribution in [2.24, 2.45) is 0 Å². The molecule has 0 saturated heterocycles. The molecule has 0 aliphatic carbocycles. The van der Waals surface area contributed by atoms with E-state index < -0.39 is 0 Å². The van der Waals surface area contributed by atoms with Gasteiger partial charge in [0.05, 0.1) is 7.11 Å². The number of ether oxygens (including phenoxy) is 1. The molecule has 0 saturated carbocycles. The zero-order chi connectivity index (χ0) is 16.3. The molecule has 2 bridgehead atoms. The average Bonchev–Trinajstić information content (AvgIpc) is 2.61. The summed E-state index contributed by atoms with van der Waals surface area (Å²) in [7, 11) is 1.71. The van der Waals surface area contributed by atoms with Crippen molar-refractivity contribution in [2.45, 2.75) is 6.92 Å². The highest BCUT2D eigenvalue weighted by Gasteiger charge is 2.25. The van der Waals surface area contributed by atoms with Gasteiger partial charge in [0.25, 0.3) is 0 Å². The Labute approximate surface area is 139 Å². The Bertz CT molecular complexity index is 1200. The minimum absolute atomic E-state index is 0.851. The third kappa shape index (κ3) is 1.60. The molecule has 116 valence electrons. The molecule has 24 heavy (non-hydrogen) atoms. The molecule has 0 amide bonds. The van der Waals surface area contributed by atoms with Gasteiger partial charge < -0.3 is 9.15 Å². The van der Waals surface area contributed by atoms with Crippen molar-refractivity contribution in [3.05, 3.63) is 66.2 Å². The Hall–Kier alpha value is -3.00. The summed E-state index contributed by atoms with van der Waals surface area (Å²) < 4.78 is 11.6. The molecule has 2 aromatic heterocycles. The molecule has 4 aromatic carbocycles. The van der Waals surface area contributed by atoms with E-state index in [1.54, 1.807) is 7.11 Å². The number of hydrogen-bond donors (Lipinski definition) is 0. The Morgan fingerprint density at radius 3 is 2.25 bits per heavy atom. The highest BCUT2D eigenvalue weighted by atomic mass is 16.5. The van der Waals surface area contributed by atoms with Crippen LogP contribution in [0.15, 0.2) is 65.1 Å². The molecular weight excluding hydrogens is 296 g/mol. The lowest BCUT2D eigenvalue weighted by Gasteiger charge is -2.20. The number of benzene rings is 4. The maximum atomic E-state index is 5.97. The quantitative estimate of drug-likeness (QED) is 0.389. The van der Waals surface area contributed by atoms with Gasteiger partial charge in [0.1, 0.15) is 0 Å². The predicted molar refractivity (Wildman–Crippen MR) is 99.1 cm³/mol. The lowest BCUT2D eigenvalue weighted by molar-refractivity contribution is 0.392. The first-order valence-electron chi connectivity index (χ1n) is 8.09. The molecule has 0 unspecified atom stereocenters. The topological polar surface area (TPSA) is 22.4 Å². The maximum Gasteiger partial charge on any atom is 0.205 e. The summed E-state index contributed by atoms with van der Waals surface area (Å²) >= 11 is 0. The van der Waals surface area contributed by atoms with Gasteiger partial charge in [-0.25, -0.2) is 0 Å². The van der Waals surface area contributed by atoms with Gasteiger partial charge in [0.15, 0.2) is 11.2 Å². The highest BCUT2D eigenvalue weighted by Crippen LogP contribution is 2.49. The van der Waals surface area contributed by atoms with Crippen molar-refractivity contribution in [3.63, 3.8) is 0 Å². The van der Waals surface area contributed by atoms with Crippen molar-refractivity contribution in [3.8, 4) is 16.9 Å². The number of fused-ring (bicyclic) bond motifs is 1. The Morgan fingerprint density at radius 1 is 0.750 bits per heavy atom. The molecule has 0 atom stereocenters. The summed E-state index contributed by atoms with van der Waals surface area (Å²) in [5.41, 5.74) is 5.29. The Kier molecular flexibility index (Phi) is 2.66. The van der Waals surface area contributed by atoms with Crippen molar-refractivity contribution < 1.29 is 9.15 Å². The van der Waals surface area contributed by atoms with Gasteiger partial charge in [-0.15, -0.1) is 0 Å². The predicted octanol–water partition coefficient (Wildman–Crippen LogP) is 6.16. The summed E-state index contributed by atoms with van der Waals surface area (Å²) in [6, 6.07) is 21.2. The van der Waals surface area contributed by atoms with Crippen LogP contribution in [-0.2, 0) is 0 Å². The number of rotatable bonds is 2. The second-order valence-electron chi connectivity index (χ2n) is 6.17. The van der Waals surface area contributed by atoms with E-state index in [2.05, 4.69) is 61.5 Å². The molecule has 0 N–H and O–H groups in total. The van der Waals surface area contributed by atoms with Crippen LogP contribution < -0.4 is 4.74 Å². The second-order valence-corrected chi connectivity index (χ2v) is 6.17. The molecule has 0 radical (unpaired) electrons. The summed E-state index contributed by atoms with van der Waals surface area (Å²) in [5, 5.41) is 4.85. The van der Waals surface area contributed by atoms with E-state index in [0.29, 0.717) is 0 Å². The van der Waals surface area contributed by atoms with Gasteiger partial charge in [-0.2, -0.15) is 0 Å². The first kappa shape index (κ1) is 13.4. The third-order valence-corrected chi connectivity index (χ3v) is 4.96. The summed E-state index contributed by atoms with van der Waals surface area (Å²) in [5.74, 6) is 0.858. The van der Waals surface area contributed by atoms with Crippen LogP contribution in [0.5, 0.6) is 5.75 Å². The molecule has 6 aromatic rings. The molecule has 6 rings (SSSR count). The van der Waals surface area contributed by atoms with Gasteiger partial charge in [-0.3, -0.25) is 0 Å². The number of methoxy groups -OCH3 is 1. The molecule has 2 heteroatoms. The van der Waals surface area contributed by atoms with Gasteiger partial charge in [0.2, 0.25) is 5.75 Å². The zero-order valence-electron chi connectivity index (χ0n) is 13.6. The van der Waals surface area contributed by atoms with E-state index in [9.17, 15) is 0 Å². The fourth-order valence-electron chi connectivity index (χ4n) is 3.77. The molecule has 2 heterocycles. The molecular formula is C22H16O2. The van der Waals surface area contributed by atoms with Crippen LogP contribution in [0.1, 0.15) is 5.56 Å². The Morgan fingerprint density at radius 2 is 1.46 bits per heavy atom. The van der Waals surface area contributed by atoms with Crippen LogP contribution in [-0.4, -0.2) is 7.11 Å². The minimum Gasteiger partial charge on any atom is -0.490 e. The summed E-state index contributed by atoms with van der Waals surface area (Å²) in [6.07, 6.45) is 0. The van der Waals surface area contributed by atoms with Gasteiger partial charge in [0, 0.05) is 10.9 Å². The molecule has 0 aliphatic rings. The van der Waals surface area contributed by atoms with Gasteiger partial charge in [-0.1, -0.05) is 60.7 Å². The number of hydrogen-bond acceptors (Lipinski definition) is 2. The van der Waals surface area contributed by atoms with E-state index in [-0.39, 0.29) is 0 Å². The fourth-order valence-corrected chi connectivity index (χ4v) is 3.77. The monoisotopic (exact) mass is 312 g/mol. The van der Waals surface area contributed by atoms with E-state index in [4.69, 9.17) is 9.15 Å². The van der Waals surface area contributed by atoms with Crippen LogP contribution in [0.3, 0.4) is 0 Å². The zero-order valence-corrected chi connectivity index (χ0v) is 13.6. The van der Waals surface area contributed by atoms with Crippen LogP contribution in [0.4, 0.5) is 0 Å². The van der Waals surface area contributed by atoms with Crippen LogP contribution >= 0.6 is 0 Å². The van der Waals surface area contributed by atoms with E-state index in [1.165, 1.54) is 27.3 Å². The standard InChI is InChI=1S/C22H16O2/c1-13-15-8-4-3-7-14(15)11-12-16(13)19-17-9-5-6-10-18(17)20-22(23-2)21(19)24-20/h3-12H,1-2H3. The first-order chi connectivity index (χ1) is 11.8. The van der Waals surface area contributed by atoms with Crippen LogP contribution in [0, 0.1) is 6.92 Å². The van der Waals surface area contributed by atoms with E-state index in [1.807, 2.05) is 6.07 Å². The lowest BCUT2D eigenvalue weighted by Crippen LogP contribution is -1.97. The minimum atomic E-state index is 0.851. The molecule has 2 nitrogen and oxygen atoms in total. The van der Waals surface area contributed by atoms with Crippen LogP contribution in [0.25, 0.3) is 43.8 Å². The fraction of sp³-hybridized carbons (Fsp3) is 0.0909. The largest absolute Gasteiger partial charge is 0.490 e. The molecule has 0 spiro atoms. The van der Waals surface area contributed by atoms with Crippen molar-refractivity contribution >= 4 is 32.7 Å². The highest BCUT2D eigenvalue weighted by molar-refractivity contribution is 6.17. The maximum absolute atomic E-state index is 5.97. The SMILES string of the molecule is COc1c2oc1c1ccccc1c2-c1ccc2ccccc2c1C. The molecule has 0 fully saturated rings.